The first-order chi connectivity index (χ1) is 10.7. The van der Waals surface area contributed by atoms with Crippen LogP contribution in [0, 0.1) is 5.92 Å². The zero-order chi connectivity index (χ0) is 15.5. The first-order valence-electron chi connectivity index (χ1n) is 7.08. The highest BCUT2D eigenvalue weighted by Crippen LogP contribution is 2.21. The highest BCUT2D eigenvalue weighted by molar-refractivity contribution is 5.70. The summed E-state index contributed by atoms with van der Waals surface area (Å²) >= 11 is 0. The molecule has 7 nitrogen and oxygen atoms in total. The fourth-order valence-electron chi connectivity index (χ4n) is 2.47. The molecular weight excluding hydrogens is 286 g/mol. The number of aliphatic carboxylic acids is 1. The van der Waals surface area contributed by atoms with Gasteiger partial charge in [0.2, 0.25) is 0 Å². The van der Waals surface area contributed by atoms with Crippen molar-refractivity contribution in [3.63, 3.8) is 0 Å². The third-order valence-corrected chi connectivity index (χ3v) is 3.67. The van der Waals surface area contributed by atoms with Crippen LogP contribution in [0.15, 0.2) is 24.3 Å². The van der Waals surface area contributed by atoms with Gasteiger partial charge in [0.1, 0.15) is 23.9 Å². The van der Waals surface area contributed by atoms with Crippen molar-refractivity contribution in [3.05, 3.63) is 35.9 Å². The van der Waals surface area contributed by atoms with Gasteiger partial charge >= 0.3 is 5.97 Å². The van der Waals surface area contributed by atoms with E-state index >= 15 is 0 Å². The van der Waals surface area contributed by atoms with Crippen LogP contribution in [0.25, 0.3) is 0 Å². The smallest absolute Gasteiger partial charge is 0.307 e. The number of carboxylic acids is 1. The van der Waals surface area contributed by atoms with E-state index in [1.165, 1.54) is 0 Å². The molecule has 0 saturated heterocycles. The van der Waals surface area contributed by atoms with Crippen LogP contribution in [0.1, 0.15) is 18.1 Å². The lowest BCUT2D eigenvalue weighted by Gasteiger charge is -2.17. The molecule has 116 valence electrons. The molecule has 3 rings (SSSR count). The molecule has 1 aromatic carbocycles. The molecule has 2 heterocycles. The summed E-state index contributed by atoms with van der Waals surface area (Å²) in [5, 5.41) is 13.4. The van der Waals surface area contributed by atoms with Gasteiger partial charge in [0.25, 0.3) is 0 Å². The van der Waals surface area contributed by atoms with E-state index in [1.807, 2.05) is 18.2 Å². The van der Waals surface area contributed by atoms with Crippen LogP contribution < -0.4 is 9.47 Å². The molecule has 0 saturated carbocycles. The Labute approximate surface area is 127 Å². The van der Waals surface area contributed by atoms with E-state index in [-0.39, 0.29) is 12.5 Å². The highest BCUT2D eigenvalue weighted by atomic mass is 16.5. The minimum Gasteiger partial charge on any atom is -0.497 e. The average molecular weight is 303 g/mol. The molecule has 22 heavy (non-hydrogen) atoms. The fourth-order valence-corrected chi connectivity index (χ4v) is 2.47. The molecule has 1 unspecified atom stereocenters. The topological polar surface area (TPSA) is 86.5 Å². The predicted molar refractivity (Wildman–Crippen MR) is 76.8 cm³/mol. The minimum atomic E-state index is -0.775. The Morgan fingerprint density at radius 2 is 2.27 bits per heavy atom. The maximum absolute atomic E-state index is 11.0. The zero-order valence-corrected chi connectivity index (χ0v) is 12.2. The Balaban J connectivity index is 1.66. The van der Waals surface area contributed by atoms with E-state index in [2.05, 4.69) is 10.1 Å². The molecule has 0 fully saturated rings. The van der Waals surface area contributed by atoms with E-state index in [0.29, 0.717) is 36.8 Å². The molecule has 0 radical (unpaired) electrons. The third-order valence-electron chi connectivity index (χ3n) is 3.67. The normalized spacial score (nSPS) is 16.9. The van der Waals surface area contributed by atoms with Crippen LogP contribution >= 0.6 is 0 Å². The Morgan fingerprint density at radius 3 is 3.05 bits per heavy atom. The second-order valence-corrected chi connectivity index (χ2v) is 5.16. The Hall–Kier alpha value is -2.57. The largest absolute Gasteiger partial charge is 0.497 e. The number of benzene rings is 1. The Bertz CT molecular complexity index is 683. The van der Waals surface area contributed by atoms with Gasteiger partial charge in [-0.1, -0.05) is 6.07 Å². The van der Waals surface area contributed by atoms with E-state index in [4.69, 9.17) is 14.6 Å². The monoisotopic (exact) mass is 303 g/mol. The quantitative estimate of drug-likeness (QED) is 0.901. The standard InChI is InChI=1S/C15H17N3O4/c1-21-11-3-2-4-12(8-11)22-9-13-16-14-7-10(15(19)20)5-6-18(14)17-13/h2-4,8,10H,5-7,9H2,1H3,(H,19,20). The van der Waals surface area contributed by atoms with E-state index in [0.717, 1.165) is 5.75 Å². The van der Waals surface area contributed by atoms with Crippen molar-refractivity contribution in [1.82, 2.24) is 14.8 Å². The Morgan fingerprint density at radius 1 is 1.45 bits per heavy atom. The first kappa shape index (κ1) is 14.4. The zero-order valence-electron chi connectivity index (χ0n) is 12.2. The number of hydrogen-bond acceptors (Lipinski definition) is 5. The molecule has 0 bridgehead atoms. The SMILES string of the molecule is COc1cccc(OCc2nc3n(n2)CCC(C(=O)O)C3)c1. The Kier molecular flexibility index (Phi) is 3.95. The molecular formula is C15H17N3O4. The third kappa shape index (κ3) is 3.03. The summed E-state index contributed by atoms with van der Waals surface area (Å²) < 4.78 is 12.6. The molecule has 0 spiro atoms. The molecule has 1 aromatic heterocycles. The number of rotatable bonds is 5. The van der Waals surface area contributed by atoms with Gasteiger partial charge in [-0.25, -0.2) is 9.67 Å². The highest BCUT2D eigenvalue weighted by Gasteiger charge is 2.26. The van der Waals surface area contributed by atoms with Crippen molar-refractivity contribution in [3.8, 4) is 11.5 Å². The number of methoxy groups -OCH3 is 1. The molecule has 1 aliphatic heterocycles. The maximum atomic E-state index is 11.0. The second-order valence-electron chi connectivity index (χ2n) is 5.16. The van der Waals surface area contributed by atoms with Gasteiger partial charge in [-0.05, 0) is 18.6 Å². The van der Waals surface area contributed by atoms with E-state index < -0.39 is 5.97 Å². The van der Waals surface area contributed by atoms with E-state index in [1.54, 1.807) is 17.9 Å². The number of aryl methyl sites for hydroxylation is 1. The fraction of sp³-hybridized carbons (Fsp3) is 0.400. The van der Waals surface area contributed by atoms with Gasteiger partial charge in [0, 0.05) is 19.0 Å². The van der Waals surface area contributed by atoms with Crippen molar-refractivity contribution in [1.29, 1.82) is 0 Å². The van der Waals surface area contributed by atoms with Crippen LogP contribution in [0.3, 0.4) is 0 Å². The summed E-state index contributed by atoms with van der Waals surface area (Å²) in [5.74, 6) is 1.52. The van der Waals surface area contributed by atoms with Crippen molar-refractivity contribution in [2.75, 3.05) is 7.11 Å². The maximum Gasteiger partial charge on any atom is 0.307 e. The number of fused-ring (bicyclic) bond motifs is 1. The molecule has 2 aromatic rings. The van der Waals surface area contributed by atoms with Crippen molar-refractivity contribution < 1.29 is 19.4 Å². The predicted octanol–water partition coefficient (Wildman–Crippen LogP) is 1.51. The van der Waals surface area contributed by atoms with Gasteiger partial charge in [-0.3, -0.25) is 4.79 Å². The lowest BCUT2D eigenvalue weighted by atomic mass is 9.99. The summed E-state index contributed by atoms with van der Waals surface area (Å²) in [7, 11) is 1.60. The summed E-state index contributed by atoms with van der Waals surface area (Å²) in [6.07, 6.45) is 1.00. The van der Waals surface area contributed by atoms with Crippen LogP contribution in [0.5, 0.6) is 11.5 Å². The number of hydrogen-bond donors (Lipinski definition) is 1. The number of carboxylic acid groups (broad SMARTS) is 1. The minimum absolute atomic E-state index is 0.241. The molecule has 7 heteroatoms. The summed E-state index contributed by atoms with van der Waals surface area (Å²) in [6.45, 7) is 0.823. The van der Waals surface area contributed by atoms with Gasteiger partial charge in [-0.15, -0.1) is 0 Å². The van der Waals surface area contributed by atoms with Crippen molar-refractivity contribution >= 4 is 5.97 Å². The number of nitrogens with zero attached hydrogens (tertiary/aromatic N) is 3. The van der Waals surface area contributed by atoms with Crippen molar-refractivity contribution in [2.45, 2.75) is 26.0 Å². The number of aromatic nitrogens is 3. The van der Waals surface area contributed by atoms with E-state index in [9.17, 15) is 4.79 Å². The van der Waals surface area contributed by atoms with Crippen LogP contribution in [-0.2, 0) is 24.4 Å². The molecule has 0 aliphatic carbocycles. The second kappa shape index (κ2) is 6.05. The van der Waals surface area contributed by atoms with Crippen molar-refractivity contribution in [2.24, 2.45) is 5.92 Å². The number of ether oxygens (including phenoxy) is 2. The number of carbonyl (C=O) groups is 1. The average Bonchev–Trinajstić information content (AvgIpc) is 2.95. The first-order valence-corrected chi connectivity index (χ1v) is 7.08. The van der Waals surface area contributed by atoms with Crippen LogP contribution in [-0.4, -0.2) is 33.0 Å². The molecule has 0 amide bonds. The molecule has 1 atom stereocenters. The van der Waals surface area contributed by atoms with Gasteiger partial charge in [0.05, 0.1) is 13.0 Å². The van der Waals surface area contributed by atoms with Gasteiger partial charge < -0.3 is 14.6 Å². The van der Waals surface area contributed by atoms with Gasteiger partial charge in [-0.2, -0.15) is 5.10 Å². The lowest BCUT2D eigenvalue weighted by molar-refractivity contribution is -0.142. The van der Waals surface area contributed by atoms with Gasteiger partial charge in [0.15, 0.2) is 5.82 Å². The summed E-state index contributed by atoms with van der Waals surface area (Å²) in [6, 6.07) is 7.30. The summed E-state index contributed by atoms with van der Waals surface area (Å²) in [5.41, 5.74) is 0. The lowest BCUT2D eigenvalue weighted by Crippen LogP contribution is -2.26. The molecule has 1 aliphatic rings. The van der Waals surface area contributed by atoms with Crippen LogP contribution in [0.2, 0.25) is 0 Å². The molecule has 1 N–H and O–H groups in total. The summed E-state index contributed by atoms with van der Waals surface area (Å²) in [4.78, 5) is 15.4. The van der Waals surface area contributed by atoms with Crippen LogP contribution in [0.4, 0.5) is 0 Å².